The minimum Gasteiger partial charge on any atom is -0.490 e. The number of carboxylic acid groups (broad SMARTS) is 1. The second-order valence-corrected chi connectivity index (χ2v) is 11.1. The van der Waals surface area contributed by atoms with Crippen molar-refractivity contribution >= 4 is 22.7 Å². The van der Waals surface area contributed by atoms with Crippen LogP contribution < -0.4 is 10.1 Å². The van der Waals surface area contributed by atoms with E-state index in [9.17, 15) is 14.3 Å². The molecular weight excluding hydrogens is 497 g/mol. The Morgan fingerprint density at radius 2 is 1.97 bits per heavy atom. The molecule has 2 N–H and O–H groups in total. The van der Waals surface area contributed by atoms with E-state index in [-0.39, 0.29) is 5.82 Å². The fourth-order valence-corrected chi connectivity index (χ4v) is 5.31. The molecule has 39 heavy (non-hydrogen) atoms. The lowest BCUT2D eigenvalue weighted by Crippen LogP contribution is -2.28. The highest BCUT2D eigenvalue weighted by atomic mass is 19.1. The van der Waals surface area contributed by atoms with Crippen LogP contribution in [0.15, 0.2) is 42.6 Å². The minimum absolute atomic E-state index is 0.270. The average Bonchev–Trinajstić information content (AvgIpc) is 3.25. The van der Waals surface area contributed by atoms with Crippen molar-refractivity contribution in [3.63, 3.8) is 0 Å². The number of anilines is 1. The molecule has 0 saturated carbocycles. The molecule has 0 amide bonds. The Hall–Kier alpha value is -3.91. The largest absolute Gasteiger partial charge is 0.490 e. The maximum atomic E-state index is 13.7. The van der Waals surface area contributed by atoms with Crippen LogP contribution in [0.4, 0.5) is 10.1 Å². The van der Waals surface area contributed by atoms with Crippen molar-refractivity contribution in [2.75, 3.05) is 18.5 Å². The van der Waals surface area contributed by atoms with Crippen LogP contribution in [0.2, 0.25) is 0 Å². The quantitative estimate of drug-likeness (QED) is 0.293. The molecular formula is C31H34FN3O4. The number of halogens is 1. The Morgan fingerprint density at radius 3 is 2.67 bits per heavy atom. The zero-order valence-corrected chi connectivity index (χ0v) is 23.2. The first-order valence-electron chi connectivity index (χ1n) is 13.1. The molecule has 3 heterocycles. The van der Waals surface area contributed by atoms with Crippen LogP contribution in [0.25, 0.3) is 22.2 Å². The number of nitrogens with one attached hydrogen (secondary N) is 1. The van der Waals surface area contributed by atoms with Gasteiger partial charge in [0.15, 0.2) is 6.10 Å². The van der Waals surface area contributed by atoms with Gasteiger partial charge in [-0.05, 0) is 88.1 Å². The molecule has 204 valence electrons. The first kappa shape index (κ1) is 26.7. The van der Waals surface area contributed by atoms with Gasteiger partial charge in [-0.2, -0.15) is 0 Å². The Morgan fingerprint density at radius 1 is 1.21 bits per heavy atom. The second kappa shape index (κ2) is 10.0. The summed E-state index contributed by atoms with van der Waals surface area (Å²) >= 11 is 0. The van der Waals surface area contributed by atoms with Gasteiger partial charge in [0.2, 0.25) is 0 Å². The Bertz CT molecular complexity index is 1590. The molecule has 4 aromatic rings. The summed E-state index contributed by atoms with van der Waals surface area (Å²) in [5, 5.41) is 14.6. The molecule has 0 bridgehead atoms. The van der Waals surface area contributed by atoms with E-state index < -0.39 is 17.7 Å². The van der Waals surface area contributed by atoms with Crippen molar-refractivity contribution in [2.45, 2.75) is 59.8 Å². The van der Waals surface area contributed by atoms with E-state index in [0.29, 0.717) is 31.0 Å². The van der Waals surface area contributed by atoms with E-state index in [1.54, 1.807) is 6.07 Å². The van der Waals surface area contributed by atoms with Crippen molar-refractivity contribution in [2.24, 2.45) is 0 Å². The lowest BCUT2D eigenvalue weighted by molar-refractivity contribution is -0.160. The third kappa shape index (κ3) is 5.08. The Kier molecular flexibility index (Phi) is 6.84. The van der Waals surface area contributed by atoms with Crippen LogP contribution in [0.3, 0.4) is 0 Å². The van der Waals surface area contributed by atoms with Gasteiger partial charge >= 0.3 is 5.97 Å². The fourth-order valence-electron chi connectivity index (χ4n) is 5.31. The van der Waals surface area contributed by atoms with Crippen LogP contribution in [0, 0.1) is 26.6 Å². The van der Waals surface area contributed by atoms with Crippen molar-refractivity contribution in [3.05, 3.63) is 76.4 Å². The highest BCUT2D eigenvalue weighted by Gasteiger charge is 2.33. The van der Waals surface area contributed by atoms with Gasteiger partial charge in [0.1, 0.15) is 23.8 Å². The van der Waals surface area contributed by atoms with Crippen LogP contribution in [-0.2, 0) is 16.1 Å². The van der Waals surface area contributed by atoms with E-state index >= 15 is 0 Å². The van der Waals surface area contributed by atoms with Crippen molar-refractivity contribution < 1.29 is 23.8 Å². The summed E-state index contributed by atoms with van der Waals surface area (Å²) in [5.74, 6) is -0.571. The first-order valence-corrected chi connectivity index (χ1v) is 13.1. The molecule has 8 heteroatoms. The van der Waals surface area contributed by atoms with Crippen LogP contribution in [0.1, 0.15) is 54.8 Å². The molecule has 0 spiro atoms. The molecule has 1 atom stereocenters. The van der Waals surface area contributed by atoms with Gasteiger partial charge < -0.3 is 24.5 Å². The number of benzene rings is 2. The third-order valence-electron chi connectivity index (χ3n) is 7.10. The lowest BCUT2D eigenvalue weighted by atomic mass is 9.89. The van der Waals surface area contributed by atoms with Crippen molar-refractivity contribution in [1.29, 1.82) is 0 Å². The fraction of sp³-hybridized carbons (Fsp3) is 0.355. The predicted octanol–water partition coefficient (Wildman–Crippen LogP) is 6.56. The number of aliphatic carboxylic acids is 1. The van der Waals surface area contributed by atoms with Gasteiger partial charge in [0.05, 0.1) is 11.3 Å². The molecule has 1 aliphatic heterocycles. The molecule has 2 aromatic carbocycles. The van der Waals surface area contributed by atoms with E-state index in [0.717, 1.165) is 50.3 Å². The third-order valence-corrected chi connectivity index (χ3v) is 7.10. The SMILES string of the molecule is Cc1cc(F)ccc1Cn1ccc2c(-c3ccc4c(c3C)NCCO4)c([C@H](OC(C)(C)C)C(=O)O)c(C)nc21. The minimum atomic E-state index is -1.22. The number of rotatable bonds is 6. The second-order valence-electron chi connectivity index (χ2n) is 11.1. The monoisotopic (exact) mass is 531 g/mol. The molecule has 0 saturated heterocycles. The Balaban J connectivity index is 1.78. The topological polar surface area (TPSA) is 85.6 Å². The number of fused-ring (bicyclic) bond motifs is 2. The number of ether oxygens (including phenoxy) is 2. The number of hydrogen-bond donors (Lipinski definition) is 2. The average molecular weight is 532 g/mol. The molecule has 5 rings (SSSR count). The van der Waals surface area contributed by atoms with Crippen LogP contribution in [0.5, 0.6) is 5.75 Å². The number of nitrogens with zero attached hydrogens (tertiary/aromatic N) is 2. The van der Waals surface area contributed by atoms with E-state index in [2.05, 4.69) is 5.32 Å². The maximum Gasteiger partial charge on any atom is 0.337 e. The summed E-state index contributed by atoms with van der Waals surface area (Å²) < 4.78 is 27.8. The normalized spacial score (nSPS) is 14.0. The standard InChI is InChI=1S/C31H34FN3O4/c1-17-15-21(32)8-7-20(17)16-35-13-11-23-26(22-9-10-24-27(18(22)2)33-12-14-38-24)25(19(3)34-29(23)35)28(30(36)37)39-31(4,5)6/h7-11,13,15,28,33H,12,14,16H2,1-6H3,(H,36,37)/t28-/m0/s1. The summed E-state index contributed by atoms with van der Waals surface area (Å²) in [5.41, 5.74) is 6.47. The van der Waals surface area contributed by atoms with E-state index in [1.807, 2.05) is 70.5 Å². The first-order chi connectivity index (χ1) is 18.4. The summed E-state index contributed by atoms with van der Waals surface area (Å²) in [6.07, 6.45) is 0.724. The highest BCUT2D eigenvalue weighted by molar-refractivity contribution is 5.99. The maximum absolute atomic E-state index is 13.7. The molecule has 2 aromatic heterocycles. The number of pyridine rings is 1. The number of carboxylic acids is 1. The molecule has 1 aliphatic rings. The zero-order chi connectivity index (χ0) is 28.1. The van der Waals surface area contributed by atoms with Gasteiger partial charge in [-0.1, -0.05) is 12.1 Å². The number of hydrogen-bond acceptors (Lipinski definition) is 5. The van der Waals surface area contributed by atoms with Gasteiger partial charge in [-0.15, -0.1) is 0 Å². The molecule has 0 aliphatic carbocycles. The highest BCUT2D eigenvalue weighted by Crippen LogP contribution is 2.44. The Labute approximate surface area is 227 Å². The van der Waals surface area contributed by atoms with E-state index in [4.69, 9.17) is 14.5 Å². The van der Waals surface area contributed by atoms with Gasteiger partial charge in [0, 0.05) is 41.5 Å². The van der Waals surface area contributed by atoms with Gasteiger partial charge in [-0.3, -0.25) is 0 Å². The van der Waals surface area contributed by atoms with Gasteiger partial charge in [0.25, 0.3) is 0 Å². The summed E-state index contributed by atoms with van der Waals surface area (Å²) in [6, 6.07) is 10.7. The molecule has 0 fully saturated rings. The summed E-state index contributed by atoms with van der Waals surface area (Å²) in [6.45, 7) is 13.0. The number of carbonyl (C=O) groups is 1. The smallest absolute Gasteiger partial charge is 0.337 e. The summed E-state index contributed by atoms with van der Waals surface area (Å²) in [4.78, 5) is 17.6. The van der Waals surface area contributed by atoms with Crippen molar-refractivity contribution in [3.8, 4) is 16.9 Å². The lowest BCUT2D eigenvalue weighted by Gasteiger charge is -2.29. The van der Waals surface area contributed by atoms with Gasteiger partial charge in [-0.25, -0.2) is 14.2 Å². The molecule has 7 nitrogen and oxygen atoms in total. The molecule has 0 radical (unpaired) electrons. The zero-order valence-electron chi connectivity index (χ0n) is 23.2. The van der Waals surface area contributed by atoms with Crippen LogP contribution in [-0.4, -0.2) is 39.4 Å². The van der Waals surface area contributed by atoms with Crippen LogP contribution >= 0.6 is 0 Å². The number of aromatic nitrogens is 2. The predicted molar refractivity (Wildman–Crippen MR) is 150 cm³/mol. The number of aryl methyl sites for hydroxylation is 2. The molecule has 0 unspecified atom stereocenters. The summed E-state index contributed by atoms with van der Waals surface area (Å²) in [7, 11) is 0. The van der Waals surface area contributed by atoms with Crippen molar-refractivity contribution in [1.82, 2.24) is 9.55 Å². The van der Waals surface area contributed by atoms with E-state index in [1.165, 1.54) is 12.1 Å².